The number of ether oxygens (including phenoxy) is 1. The van der Waals surface area contributed by atoms with Crippen LogP contribution in [-0.2, 0) is 9.59 Å². The minimum atomic E-state index is -0.626. The van der Waals surface area contributed by atoms with Crippen molar-refractivity contribution in [2.75, 3.05) is 32.1 Å². The Bertz CT molecular complexity index is 603. The Kier molecular flexibility index (Phi) is 6.50. The molecule has 0 radical (unpaired) electrons. The van der Waals surface area contributed by atoms with Crippen LogP contribution in [0, 0.1) is 5.92 Å². The molecule has 1 heterocycles. The van der Waals surface area contributed by atoms with E-state index in [-0.39, 0.29) is 0 Å². The zero-order valence-electron chi connectivity index (χ0n) is 15.5. The van der Waals surface area contributed by atoms with Crippen LogP contribution in [0.5, 0.6) is 5.75 Å². The molecule has 2 N–H and O–H groups in total. The Morgan fingerprint density at radius 3 is 2.31 bits per heavy atom. The van der Waals surface area contributed by atoms with Crippen molar-refractivity contribution in [2.45, 2.75) is 44.6 Å². The van der Waals surface area contributed by atoms with Crippen molar-refractivity contribution in [3.63, 3.8) is 0 Å². The molecular weight excluding hydrogens is 330 g/mol. The molecule has 1 aliphatic heterocycles. The molecule has 1 aromatic carbocycles. The highest BCUT2D eigenvalue weighted by molar-refractivity contribution is 6.39. The van der Waals surface area contributed by atoms with Gasteiger partial charge in [0.25, 0.3) is 0 Å². The Morgan fingerprint density at radius 2 is 1.69 bits per heavy atom. The lowest BCUT2D eigenvalue weighted by molar-refractivity contribution is -0.136. The van der Waals surface area contributed by atoms with Gasteiger partial charge in [-0.1, -0.05) is 12.8 Å². The van der Waals surface area contributed by atoms with Crippen molar-refractivity contribution in [3.05, 3.63) is 24.3 Å². The van der Waals surface area contributed by atoms with Crippen molar-refractivity contribution < 1.29 is 14.3 Å². The maximum absolute atomic E-state index is 12.0. The van der Waals surface area contributed by atoms with Crippen molar-refractivity contribution in [1.82, 2.24) is 10.2 Å². The molecule has 0 unspecified atom stereocenters. The molecule has 0 spiro atoms. The lowest BCUT2D eigenvalue weighted by Crippen LogP contribution is -2.44. The highest BCUT2D eigenvalue weighted by atomic mass is 16.5. The van der Waals surface area contributed by atoms with Crippen LogP contribution in [0.4, 0.5) is 5.69 Å². The lowest BCUT2D eigenvalue weighted by Gasteiger charge is -2.36. The number of likely N-dealkylation sites (tertiary alicyclic amines) is 1. The smallest absolute Gasteiger partial charge is 0.313 e. The number of methoxy groups -OCH3 is 1. The van der Waals surface area contributed by atoms with Crippen LogP contribution in [0.2, 0.25) is 0 Å². The van der Waals surface area contributed by atoms with Crippen molar-refractivity contribution >= 4 is 17.5 Å². The quantitative estimate of drug-likeness (QED) is 0.792. The van der Waals surface area contributed by atoms with Crippen LogP contribution in [0.25, 0.3) is 0 Å². The normalized spacial score (nSPS) is 19.3. The summed E-state index contributed by atoms with van der Waals surface area (Å²) >= 11 is 0. The van der Waals surface area contributed by atoms with Gasteiger partial charge in [-0.2, -0.15) is 0 Å². The van der Waals surface area contributed by atoms with Crippen LogP contribution in [0.15, 0.2) is 24.3 Å². The van der Waals surface area contributed by atoms with E-state index in [4.69, 9.17) is 4.74 Å². The molecule has 2 aliphatic rings. The van der Waals surface area contributed by atoms with Gasteiger partial charge in [0.05, 0.1) is 7.11 Å². The molecule has 3 rings (SSSR count). The highest BCUT2D eigenvalue weighted by Gasteiger charge is 2.27. The molecule has 26 heavy (non-hydrogen) atoms. The molecule has 1 aliphatic carbocycles. The van der Waals surface area contributed by atoms with Crippen molar-refractivity contribution in [1.29, 1.82) is 0 Å². The van der Waals surface area contributed by atoms with Crippen molar-refractivity contribution in [2.24, 2.45) is 5.92 Å². The first-order chi connectivity index (χ1) is 12.7. The number of carbonyl (C=O) groups excluding carboxylic acids is 2. The van der Waals surface area contributed by atoms with E-state index in [0.29, 0.717) is 23.9 Å². The molecule has 2 amide bonds. The molecule has 1 saturated heterocycles. The van der Waals surface area contributed by atoms with Gasteiger partial charge in [-0.25, -0.2) is 0 Å². The second-order valence-electron chi connectivity index (χ2n) is 7.31. The molecule has 6 heteroatoms. The fourth-order valence-electron chi connectivity index (χ4n) is 3.97. The van der Waals surface area contributed by atoms with Crippen molar-refractivity contribution in [3.8, 4) is 5.75 Å². The highest BCUT2D eigenvalue weighted by Crippen LogP contribution is 2.27. The minimum Gasteiger partial charge on any atom is -0.497 e. The molecule has 1 aromatic rings. The van der Waals surface area contributed by atoms with Gasteiger partial charge in [-0.3, -0.25) is 9.59 Å². The van der Waals surface area contributed by atoms with E-state index in [0.717, 1.165) is 32.0 Å². The van der Waals surface area contributed by atoms with E-state index in [2.05, 4.69) is 15.5 Å². The van der Waals surface area contributed by atoms with Crippen LogP contribution in [0.3, 0.4) is 0 Å². The summed E-state index contributed by atoms with van der Waals surface area (Å²) in [6, 6.07) is 7.68. The van der Waals surface area contributed by atoms with E-state index in [1.807, 2.05) is 0 Å². The average molecular weight is 359 g/mol. The molecular formula is C20H29N3O3. The van der Waals surface area contributed by atoms with E-state index >= 15 is 0 Å². The predicted octanol–water partition coefficient (Wildman–Crippen LogP) is 2.40. The number of carbonyl (C=O) groups is 2. The summed E-state index contributed by atoms with van der Waals surface area (Å²) in [6.07, 6.45) is 7.60. The van der Waals surface area contributed by atoms with Crippen LogP contribution in [0.1, 0.15) is 38.5 Å². The van der Waals surface area contributed by atoms with Gasteiger partial charge in [-0.05, 0) is 69.0 Å². The second-order valence-corrected chi connectivity index (χ2v) is 7.31. The number of nitrogens with one attached hydrogen (secondary N) is 2. The topological polar surface area (TPSA) is 70.7 Å². The molecule has 142 valence electrons. The number of nitrogens with zero attached hydrogens (tertiary/aromatic N) is 1. The summed E-state index contributed by atoms with van der Waals surface area (Å²) in [7, 11) is 1.58. The summed E-state index contributed by atoms with van der Waals surface area (Å²) in [4.78, 5) is 26.6. The van der Waals surface area contributed by atoms with Gasteiger partial charge >= 0.3 is 11.8 Å². The molecule has 0 atom stereocenters. The fraction of sp³-hybridized carbons (Fsp3) is 0.600. The van der Waals surface area contributed by atoms with Gasteiger partial charge in [0, 0.05) is 18.3 Å². The molecule has 6 nitrogen and oxygen atoms in total. The summed E-state index contributed by atoms with van der Waals surface area (Å²) in [5.41, 5.74) is 0.579. The Morgan fingerprint density at radius 1 is 1.04 bits per heavy atom. The van der Waals surface area contributed by atoms with Crippen LogP contribution >= 0.6 is 0 Å². The minimum absolute atomic E-state index is 0.463. The Balaban J connectivity index is 1.37. The Labute approximate surface area is 155 Å². The van der Waals surface area contributed by atoms with E-state index < -0.39 is 11.8 Å². The molecule has 1 saturated carbocycles. The third kappa shape index (κ3) is 4.97. The number of rotatable bonds is 5. The van der Waals surface area contributed by atoms with Gasteiger partial charge < -0.3 is 20.3 Å². The Hall–Kier alpha value is -2.08. The number of hydrogen-bond donors (Lipinski definition) is 2. The standard InChI is InChI=1S/C20H29N3O3/c1-26-18-8-6-16(7-9-18)22-20(25)19(24)21-14-15-10-12-23(13-11-15)17-4-2-3-5-17/h6-9,15,17H,2-5,10-14H2,1H3,(H,21,24)(H,22,25). The zero-order chi connectivity index (χ0) is 18.4. The first kappa shape index (κ1) is 18.7. The number of piperidine rings is 1. The first-order valence-corrected chi connectivity index (χ1v) is 9.63. The third-order valence-corrected chi connectivity index (χ3v) is 5.60. The van der Waals surface area contributed by atoms with E-state index in [1.54, 1.807) is 31.4 Å². The predicted molar refractivity (Wildman–Crippen MR) is 101 cm³/mol. The molecule has 2 fully saturated rings. The molecule has 0 aromatic heterocycles. The summed E-state index contributed by atoms with van der Waals surface area (Å²) in [5, 5.41) is 5.40. The van der Waals surface area contributed by atoms with Gasteiger partial charge in [0.15, 0.2) is 0 Å². The van der Waals surface area contributed by atoms with Gasteiger partial charge in [0.2, 0.25) is 0 Å². The first-order valence-electron chi connectivity index (χ1n) is 9.63. The number of benzene rings is 1. The van der Waals surface area contributed by atoms with E-state index in [1.165, 1.54) is 25.7 Å². The largest absolute Gasteiger partial charge is 0.497 e. The second kappa shape index (κ2) is 9.03. The van der Waals surface area contributed by atoms with Gasteiger partial charge in [-0.15, -0.1) is 0 Å². The summed E-state index contributed by atoms with van der Waals surface area (Å²) in [6.45, 7) is 2.81. The summed E-state index contributed by atoms with van der Waals surface area (Å²) < 4.78 is 5.07. The number of hydrogen-bond acceptors (Lipinski definition) is 4. The zero-order valence-corrected chi connectivity index (χ0v) is 15.5. The van der Waals surface area contributed by atoms with E-state index in [9.17, 15) is 9.59 Å². The lowest BCUT2D eigenvalue weighted by atomic mass is 9.95. The number of anilines is 1. The SMILES string of the molecule is COc1ccc(NC(=O)C(=O)NCC2CCN(C3CCCC3)CC2)cc1. The monoisotopic (exact) mass is 359 g/mol. The average Bonchev–Trinajstić information content (AvgIpc) is 3.22. The molecule has 0 bridgehead atoms. The summed E-state index contributed by atoms with van der Waals surface area (Å²) in [5.74, 6) is -0.0283. The van der Waals surface area contributed by atoms with Crippen LogP contribution in [-0.4, -0.2) is 49.5 Å². The van der Waals surface area contributed by atoms with Gasteiger partial charge in [0.1, 0.15) is 5.75 Å². The number of amides is 2. The maximum Gasteiger partial charge on any atom is 0.313 e. The maximum atomic E-state index is 12.0. The van der Waals surface area contributed by atoms with Crippen LogP contribution < -0.4 is 15.4 Å². The fourth-order valence-corrected chi connectivity index (χ4v) is 3.97. The third-order valence-electron chi connectivity index (χ3n) is 5.60.